The van der Waals surface area contributed by atoms with E-state index in [1.807, 2.05) is 36.4 Å². The number of ether oxygens (including phenoxy) is 1. The number of nitrogens with one attached hydrogen (secondary N) is 1. The van der Waals surface area contributed by atoms with Crippen molar-refractivity contribution < 1.29 is 19.4 Å². The number of carbonyl (C=O) groups is 2. The summed E-state index contributed by atoms with van der Waals surface area (Å²) < 4.78 is 5.33. The molecular weight excluding hydrogens is 258 g/mol. The van der Waals surface area contributed by atoms with Crippen molar-refractivity contribution in [1.29, 1.82) is 0 Å². The van der Waals surface area contributed by atoms with Gasteiger partial charge in [0.05, 0.1) is 12.0 Å². The van der Waals surface area contributed by atoms with Crippen LogP contribution in [-0.2, 0) is 9.59 Å². The monoisotopic (exact) mass is 272 g/mol. The average Bonchev–Trinajstić information content (AvgIpc) is 2.44. The van der Waals surface area contributed by atoms with Gasteiger partial charge in [0.25, 0.3) is 5.91 Å². The number of benzene rings is 2. The van der Waals surface area contributed by atoms with Crippen LogP contribution >= 0.6 is 0 Å². The lowest BCUT2D eigenvalue weighted by atomic mass is 10.1. The smallest absolute Gasteiger partial charge is 0.258 e. The second-order valence-corrected chi connectivity index (χ2v) is 4.41. The number of carbonyl (C=O) groups excluding carboxylic acids is 2. The van der Waals surface area contributed by atoms with Crippen molar-refractivity contribution in [3.63, 3.8) is 0 Å². The Bertz CT molecular complexity index is 639. The van der Waals surface area contributed by atoms with E-state index in [4.69, 9.17) is 4.74 Å². The number of carboxylic acid groups (broad SMARTS) is 1. The molecule has 0 aliphatic carbocycles. The molecule has 104 valence electrons. The number of aliphatic carboxylic acids is 1. The highest BCUT2D eigenvalue weighted by atomic mass is 16.5. The predicted molar refractivity (Wildman–Crippen MR) is 72.1 cm³/mol. The van der Waals surface area contributed by atoms with Gasteiger partial charge in [0.2, 0.25) is 0 Å². The van der Waals surface area contributed by atoms with Gasteiger partial charge in [-0.3, -0.25) is 4.79 Å². The van der Waals surface area contributed by atoms with Crippen molar-refractivity contribution in [2.24, 2.45) is 0 Å². The van der Waals surface area contributed by atoms with Crippen molar-refractivity contribution in [3.8, 4) is 5.75 Å². The van der Waals surface area contributed by atoms with Crippen LogP contribution in [-0.4, -0.2) is 24.5 Å². The lowest BCUT2D eigenvalue weighted by Gasteiger charge is -2.14. The van der Waals surface area contributed by atoms with E-state index in [0.29, 0.717) is 5.75 Å². The molecule has 1 amide bonds. The second kappa shape index (κ2) is 6.06. The van der Waals surface area contributed by atoms with Gasteiger partial charge in [0, 0.05) is 0 Å². The van der Waals surface area contributed by atoms with Gasteiger partial charge in [-0.1, -0.05) is 30.3 Å². The Morgan fingerprint density at radius 1 is 1.20 bits per heavy atom. The van der Waals surface area contributed by atoms with Crippen LogP contribution in [0, 0.1) is 0 Å². The van der Waals surface area contributed by atoms with Gasteiger partial charge in [0.1, 0.15) is 5.75 Å². The van der Waals surface area contributed by atoms with Gasteiger partial charge in [-0.25, -0.2) is 0 Å². The van der Waals surface area contributed by atoms with E-state index in [1.165, 1.54) is 6.92 Å². The van der Waals surface area contributed by atoms with Crippen molar-refractivity contribution >= 4 is 22.6 Å². The SMILES string of the molecule is C[C@@H](NC(=O)COc1ccc2ccccc2c1)C(=O)[O-]. The maximum atomic E-state index is 11.5. The Kier molecular flexibility index (Phi) is 4.20. The molecule has 2 aromatic rings. The molecule has 2 aromatic carbocycles. The molecule has 1 N–H and O–H groups in total. The molecule has 5 heteroatoms. The standard InChI is InChI=1S/C15H15NO4/c1-10(15(18)19)16-14(17)9-20-13-7-6-11-4-2-3-5-12(11)8-13/h2-8,10H,9H2,1H3,(H,16,17)(H,18,19)/p-1/t10-/m1/s1. The third-order valence-corrected chi connectivity index (χ3v) is 2.82. The number of fused-ring (bicyclic) bond motifs is 1. The fraction of sp³-hybridized carbons (Fsp3) is 0.200. The molecule has 0 fully saturated rings. The maximum absolute atomic E-state index is 11.5. The Hall–Kier alpha value is -2.56. The Balaban J connectivity index is 1.95. The molecule has 2 rings (SSSR count). The zero-order chi connectivity index (χ0) is 14.5. The fourth-order valence-electron chi connectivity index (χ4n) is 1.75. The first-order valence-corrected chi connectivity index (χ1v) is 6.18. The van der Waals surface area contributed by atoms with E-state index in [2.05, 4.69) is 5.32 Å². The topological polar surface area (TPSA) is 78.5 Å². The molecule has 0 bridgehead atoms. The van der Waals surface area contributed by atoms with E-state index in [0.717, 1.165) is 10.8 Å². The van der Waals surface area contributed by atoms with Gasteiger partial charge in [0.15, 0.2) is 6.61 Å². The summed E-state index contributed by atoms with van der Waals surface area (Å²) in [6.07, 6.45) is 0. The molecule has 0 saturated carbocycles. The van der Waals surface area contributed by atoms with Gasteiger partial charge in [-0.05, 0) is 29.8 Å². The predicted octanol–water partition coefficient (Wildman–Crippen LogP) is 0.473. The molecule has 0 spiro atoms. The van der Waals surface area contributed by atoms with Crippen molar-refractivity contribution in [1.82, 2.24) is 5.32 Å². The molecule has 0 unspecified atom stereocenters. The minimum absolute atomic E-state index is 0.240. The number of rotatable bonds is 5. The summed E-state index contributed by atoms with van der Waals surface area (Å²) in [7, 11) is 0. The second-order valence-electron chi connectivity index (χ2n) is 4.41. The van der Waals surface area contributed by atoms with Gasteiger partial charge in [-0.15, -0.1) is 0 Å². The highest BCUT2D eigenvalue weighted by molar-refractivity contribution is 5.85. The molecule has 0 aliphatic rings. The third kappa shape index (κ3) is 3.47. The maximum Gasteiger partial charge on any atom is 0.258 e. The van der Waals surface area contributed by atoms with Crippen molar-refractivity contribution in [2.45, 2.75) is 13.0 Å². The van der Waals surface area contributed by atoms with Crippen LogP contribution in [0.1, 0.15) is 6.92 Å². The summed E-state index contributed by atoms with van der Waals surface area (Å²) in [5.74, 6) is -1.28. The summed E-state index contributed by atoms with van der Waals surface area (Å²) in [4.78, 5) is 22.0. The van der Waals surface area contributed by atoms with Crippen LogP contribution in [0.25, 0.3) is 10.8 Å². The van der Waals surface area contributed by atoms with Crippen LogP contribution in [0.2, 0.25) is 0 Å². The van der Waals surface area contributed by atoms with Crippen LogP contribution < -0.4 is 15.2 Å². The highest BCUT2D eigenvalue weighted by Gasteiger charge is 2.08. The molecule has 0 aromatic heterocycles. The fourth-order valence-corrected chi connectivity index (χ4v) is 1.75. The molecule has 0 radical (unpaired) electrons. The van der Waals surface area contributed by atoms with Gasteiger partial charge < -0.3 is 20.0 Å². The Morgan fingerprint density at radius 3 is 2.60 bits per heavy atom. The van der Waals surface area contributed by atoms with E-state index in [-0.39, 0.29) is 6.61 Å². The molecule has 0 heterocycles. The summed E-state index contributed by atoms with van der Waals surface area (Å²) in [5, 5.41) is 14.8. The van der Waals surface area contributed by atoms with Crippen molar-refractivity contribution in [3.05, 3.63) is 42.5 Å². The lowest BCUT2D eigenvalue weighted by Crippen LogP contribution is -2.47. The van der Waals surface area contributed by atoms with Gasteiger partial charge in [-0.2, -0.15) is 0 Å². The molecule has 0 aliphatic heterocycles. The first-order chi connectivity index (χ1) is 9.56. The Labute approximate surface area is 116 Å². The van der Waals surface area contributed by atoms with Crippen molar-refractivity contribution in [2.75, 3.05) is 6.61 Å². The van der Waals surface area contributed by atoms with E-state index in [9.17, 15) is 14.7 Å². The van der Waals surface area contributed by atoms with Crippen LogP contribution in [0.3, 0.4) is 0 Å². The lowest BCUT2D eigenvalue weighted by molar-refractivity contribution is -0.307. The molecular formula is C15H14NO4-. The third-order valence-electron chi connectivity index (χ3n) is 2.82. The van der Waals surface area contributed by atoms with E-state index >= 15 is 0 Å². The molecule has 0 saturated heterocycles. The van der Waals surface area contributed by atoms with Crippen LogP contribution in [0.5, 0.6) is 5.75 Å². The van der Waals surface area contributed by atoms with E-state index in [1.54, 1.807) is 6.07 Å². The number of carboxylic acids is 1. The minimum atomic E-state index is -1.33. The average molecular weight is 272 g/mol. The summed E-state index contributed by atoms with van der Waals surface area (Å²) in [5.41, 5.74) is 0. The normalized spacial score (nSPS) is 11.8. The zero-order valence-corrected chi connectivity index (χ0v) is 11.0. The van der Waals surface area contributed by atoms with Crippen LogP contribution in [0.4, 0.5) is 0 Å². The summed E-state index contributed by atoms with van der Waals surface area (Å²) in [6, 6.07) is 12.2. The molecule has 1 atom stereocenters. The summed E-state index contributed by atoms with van der Waals surface area (Å²) in [6.45, 7) is 1.10. The number of hydrogen-bond donors (Lipinski definition) is 1. The van der Waals surface area contributed by atoms with Gasteiger partial charge >= 0.3 is 0 Å². The zero-order valence-electron chi connectivity index (χ0n) is 11.0. The largest absolute Gasteiger partial charge is 0.548 e. The quantitative estimate of drug-likeness (QED) is 0.858. The first kappa shape index (κ1) is 13.9. The Morgan fingerprint density at radius 2 is 1.90 bits per heavy atom. The highest BCUT2D eigenvalue weighted by Crippen LogP contribution is 2.20. The van der Waals surface area contributed by atoms with E-state index < -0.39 is 17.9 Å². The first-order valence-electron chi connectivity index (χ1n) is 6.18. The summed E-state index contributed by atoms with van der Waals surface area (Å²) >= 11 is 0. The number of hydrogen-bond acceptors (Lipinski definition) is 4. The molecule has 5 nitrogen and oxygen atoms in total. The number of amides is 1. The molecule has 20 heavy (non-hydrogen) atoms. The van der Waals surface area contributed by atoms with Crippen LogP contribution in [0.15, 0.2) is 42.5 Å². The minimum Gasteiger partial charge on any atom is -0.548 e.